The number of hydrogen-bond acceptors (Lipinski definition) is 5. The van der Waals surface area contributed by atoms with Gasteiger partial charge in [-0.15, -0.1) is 0 Å². The largest absolute Gasteiger partial charge is 0.452 e. The van der Waals surface area contributed by atoms with E-state index in [0.717, 1.165) is 4.73 Å². The number of fused-ring (bicyclic) bond motifs is 1. The van der Waals surface area contributed by atoms with Gasteiger partial charge in [0.05, 0.1) is 10.9 Å². The molecule has 0 amide bonds. The second kappa shape index (κ2) is 3.07. The summed E-state index contributed by atoms with van der Waals surface area (Å²) in [7, 11) is -4.51. The van der Waals surface area contributed by atoms with Gasteiger partial charge in [-0.3, -0.25) is 0 Å². The number of aromatic nitrogens is 3. The molecular weight excluding hydrogens is 214 g/mol. The van der Waals surface area contributed by atoms with Gasteiger partial charge in [-0.2, -0.15) is 14.0 Å². The maximum absolute atomic E-state index is 10.3. The third-order valence-corrected chi connectivity index (χ3v) is 1.79. The lowest BCUT2D eigenvalue weighted by Gasteiger charge is -2.06. The van der Waals surface area contributed by atoms with Crippen LogP contribution in [0.1, 0.15) is 0 Å². The van der Waals surface area contributed by atoms with E-state index < -0.39 is 10.2 Å². The van der Waals surface area contributed by atoms with Gasteiger partial charge in [0.15, 0.2) is 16.4 Å². The molecular formula is C6H5ClN3O4+. The lowest BCUT2D eigenvalue weighted by molar-refractivity contribution is -1.92. The molecule has 0 spiro atoms. The van der Waals surface area contributed by atoms with E-state index in [1.165, 1.54) is 23.0 Å². The number of hydrogen-bond donors (Lipinski definition) is 0. The molecule has 14 heavy (non-hydrogen) atoms. The van der Waals surface area contributed by atoms with Crippen molar-refractivity contribution in [2.45, 2.75) is 0 Å². The zero-order valence-electron chi connectivity index (χ0n) is 6.74. The Kier molecular flexibility index (Phi) is 2.01. The first kappa shape index (κ1) is 9.16. The summed E-state index contributed by atoms with van der Waals surface area (Å²) in [4.78, 5) is 3.82. The molecule has 0 fully saturated rings. The maximum atomic E-state index is 10.3. The number of nitrogens with zero attached hydrogens (tertiary/aromatic N) is 3. The molecule has 2 rings (SSSR count). The lowest BCUT2D eigenvalue weighted by atomic mass is 10.7. The van der Waals surface area contributed by atoms with E-state index in [4.69, 9.17) is 0 Å². The molecule has 0 unspecified atom stereocenters. The summed E-state index contributed by atoms with van der Waals surface area (Å²) in [6.45, 7) is 0. The van der Waals surface area contributed by atoms with Crippen molar-refractivity contribution in [2.24, 2.45) is 0 Å². The molecule has 0 saturated heterocycles. The average Bonchev–Trinajstić information content (AvgIpc) is 2.47. The Morgan fingerprint density at radius 1 is 1.36 bits per heavy atom. The second-order valence-electron chi connectivity index (χ2n) is 2.40. The van der Waals surface area contributed by atoms with Crippen LogP contribution in [0.2, 0.25) is 0 Å². The van der Waals surface area contributed by atoms with Gasteiger partial charge in [0, 0.05) is 6.07 Å². The molecule has 0 bridgehead atoms. The number of imidazole rings is 1. The highest BCUT2D eigenvalue weighted by Crippen LogP contribution is 1.93. The minimum absolute atomic E-state index is 0.194. The summed E-state index contributed by atoms with van der Waals surface area (Å²) < 4.78 is 37.2. The molecule has 0 atom stereocenters. The number of halogens is 1. The van der Waals surface area contributed by atoms with E-state index in [9.17, 15) is 14.0 Å². The average molecular weight is 219 g/mol. The van der Waals surface area contributed by atoms with Gasteiger partial charge in [0.25, 0.3) is 0 Å². The van der Waals surface area contributed by atoms with Crippen molar-refractivity contribution in [3.05, 3.63) is 30.9 Å². The van der Waals surface area contributed by atoms with Crippen LogP contribution in [0.5, 0.6) is 0 Å². The Morgan fingerprint density at radius 3 is 2.86 bits per heavy atom. The molecule has 0 N–H and O–H groups in total. The molecule has 2 heterocycles. The van der Waals surface area contributed by atoms with Crippen LogP contribution in [0.3, 0.4) is 0 Å². The normalized spacial score (nSPS) is 11.9. The summed E-state index contributed by atoms with van der Waals surface area (Å²) in [6, 6.07) is 1.65. The predicted molar refractivity (Wildman–Crippen MR) is 32.0 cm³/mol. The first-order valence-corrected chi connectivity index (χ1v) is 4.74. The fourth-order valence-electron chi connectivity index (χ4n) is 1.01. The summed E-state index contributed by atoms with van der Waals surface area (Å²) in [5.41, 5.74) is 0. The van der Waals surface area contributed by atoms with E-state index in [2.05, 4.69) is 9.37 Å². The molecule has 2 aromatic rings. The van der Waals surface area contributed by atoms with Crippen molar-refractivity contribution in [1.82, 2.24) is 9.71 Å². The highest BCUT2D eigenvalue weighted by molar-refractivity contribution is 5.14. The minimum Gasteiger partial charge on any atom is -0.202 e. The summed E-state index contributed by atoms with van der Waals surface area (Å²) in [6.07, 6.45) is 5.85. The van der Waals surface area contributed by atoms with E-state index in [0.29, 0.717) is 0 Å². The first-order chi connectivity index (χ1) is 6.56. The Hall–Kier alpha value is -1.41. The first-order valence-electron chi connectivity index (χ1n) is 3.50. The van der Waals surface area contributed by atoms with Crippen LogP contribution in [-0.2, 0) is 0 Å². The van der Waals surface area contributed by atoms with Crippen molar-refractivity contribution in [2.75, 3.05) is 0 Å². The van der Waals surface area contributed by atoms with Crippen LogP contribution < -0.4 is 22.8 Å². The van der Waals surface area contributed by atoms with E-state index in [-0.39, 0.29) is 5.78 Å². The Bertz CT molecular complexity index is 452. The van der Waals surface area contributed by atoms with Crippen LogP contribution in [-0.4, -0.2) is 9.71 Å². The van der Waals surface area contributed by atoms with Crippen LogP contribution >= 0.6 is 0 Å². The quantitative estimate of drug-likeness (QED) is 0.478. The Morgan fingerprint density at radius 2 is 2.14 bits per heavy atom. The third kappa shape index (κ3) is 1.75. The standard InChI is InChI=1S/C6H5ClN3O4/c11-7(12,13)14-10-5-4-9-3-1-2-8-6(9)10/h1-5H/q+1. The summed E-state index contributed by atoms with van der Waals surface area (Å²) in [5.74, 6) is 0.194. The molecule has 0 aliphatic carbocycles. The van der Waals surface area contributed by atoms with E-state index in [1.54, 1.807) is 12.3 Å². The molecule has 74 valence electrons. The summed E-state index contributed by atoms with van der Waals surface area (Å²) in [5, 5.41) is 0. The van der Waals surface area contributed by atoms with Crippen LogP contribution in [0.25, 0.3) is 5.78 Å². The van der Waals surface area contributed by atoms with Gasteiger partial charge in [-0.1, -0.05) is 4.98 Å². The van der Waals surface area contributed by atoms with Gasteiger partial charge in [0.1, 0.15) is 16.8 Å². The van der Waals surface area contributed by atoms with E-state index in [1.807, 2.05) is 0 Å². The lowest BCUT2D eigenvalue weighted by Crippen LogP contribution is -2.65. The van der Waals surface area contributed by atoms with Gasteiger partial charge in [0.2, 0.25) is 0 Å². The van der Waals surface area contributed by atoms with Crippen LogP contribution in [0, 0.1) is 10.2 Å². The highest BCUT2D eigenvalue weighted by atomic mass is 35.7. The van der Waals surface area contributed by atoms with Gasteiger partial charge < -0.3 is 0 Å². The van der Waals surface area contributed by atoms with Crippen molar-refractivity contribution in [1.29, 1.82) is 0 Å². The highest BCUT2D eigenvalue weighted by Gasteiger charge is 2.27. The minimum atomic E-state index is -4.51. The van der Waals surface area contributed by atoms with Gasteiger partial charge in [-0.05, 0) is 0 Å². The number of rotatable bonds is 2. The Balaban J connectivity index is 2.44. The smallest absolute Gasteiger partial charge is 0.202 e. The monoisotopic (exact) mass is 218 g/mol. The molecule has 8 heteroatoms. The molecule has 0 aromatic carbocycles. The summed E-state index contributed by atoms with van der Waals surface area (Å²) >= 11 is 0. The zero-order valence-corrected chi connectivity index (χ0v) is 7.50. The second-order valence-corrected chi connectivity index (χ2v) is 3.29. The molecule has 7 nitrogen and oxygen atoms in total. The third-order valence-electron chi connectivity index (χ3n) is 1.47. The van der Waals surface area contributed by atoms with Crippen molar-refractivity contribution in [3.8, 4) is 0 Å². The predicted octanol–water partition coefficient (Wildman–Crippen LogP) is -4.05. The van der Waals surface area contributed by atoms with Gasteiger partial charge >= 0.3 is 5.78 Å². The molecule has 0 radical (unpaired) electrons. The zero-order chi connectivity index (χ0) is 10.2. The Labute approximate surface area is 80.1 Å². The molecule has 0 aliphatic heterocycles. The van der Waals surface area contributed by atoms with Crippen LogP contribution in [0.15, 0.2) is 30.9 Å². The van der Waals surface area contributed by atoms with Crippen molar-refractivity contribution in [3.63, 3.8) is 0 Å². The topological polar surface area (TPSA) is 100 Å². The van der Waals surface area contributed by atoms with Crippen molar-refractivity contribution >= 4 is 5.78 Å². The fourth-order valence-corrected chi connectivity index (χ4v) is 1.30. The van der Waals surface area contributed by atoms with Crippen LogP contribution in [0.4, 0.5) is 0 Å². The maximum Gasteiger partial charge on any atom is 0.452 e. The van der Waals surface area contributed by atoms with Crippen molar-refractivity contribution < 1.29 is 33.0 Å². The fraction of sp³-hybridized carbons (Fsp3) is 0. The van der Waals surface area contributed by atoms with Gasteiger partial charge in [-0.25, -0.2) is 4.40 Å². The molecule has 0 aliphatic rings. The molecule has 2 aromatic heterocycles. The molecule has 0 saturated carbocycles. The van der Waals surface area contributed by atoms with E-state index >= 15 is 0 Å². The SMILES string of the molecule is [O-][Cl+3]([O-])([O-])On1cc[n+]2cccnc12.